The highest BCUT2D eigenvalue weighted by Crippen LogP contribution is 2.36. The van der Waals surface area contributed by atoms with Crippen molar-refractivity contribution in [2.45, 2.75) is 50.7 Å². The number of imide groups is 2. The van der Waals surface area contributed by atoms with Gasteiger partial charge >= 0.3 is 0 Å². The summed E-state index contributed by atoms with van der Waals surface area (Å²) in [4.78, 5) is 89.1. The first-order valence-electron chi connectivity index (χ1n) is 24.1. The highest BCUT2D eigenvalue weighted by atomic mass is 16.2. The number of hydrogen-bond donors (Lipinski definition) is 1. The maximum absolute atomic E-state index is 13.7. The topological polar surface area (TPSA) is 152 Å². The van der Waals surface area contributed by atoms with Gasteiger partial charge in [0.1, 0.15) is 6.04 Å². The van der Waals surface area contributed by atoms with E-state index in [-0.39, 0.29) is 24.7 Å². The summed E-state index contributed by atoms with van der Waals surface area (Å²) < 4.78 is 0. The Hall–Kier alpha value is -7.86. The van der Waals surface area contributed by atoms with Crippen LogP contribution in [0.25, 0.3) is 34.4 Å². The van der Waals surface area contributed by atoms with Crippen LogP contribution in [-0.4, -0.2) is 129 Å². The Balaban J connectivity index is 0.625. The van der Waals surface area contributed by atoms with Crippen molar-refractivity contribution in [2.75, 3.05) is 57.3 Å². The summed E-state index contributed by atoms with van der Waals surface area (Å²) in [5.74, 6) is 5.39. The summed E-state index contributed by atoms with van der Waals surface area (Å²) in [6.07, 6.45) is 10.6. The Labute approximate surface area is 406 Å². The average molecular weight is 930 g/mol. The minimum atomic E-state index is -0.979. The Morgan fingerprint density at radius 2 is 1.50 bits per heavy atom. The summed E-state index contributed by atoms with van der Waals surface area (Å²) in [6.45, 7) is 7.11. The Morgan fingerprint density at radius 1 is 0.743 bits per heavy atom. The van der Waals surface area contributed by atoms with Crippen molar-refractivity contribution >= 4 is 58.3 Å². The fourth-order valence-electron chi connectivity index (χ4n) is 10.4. The van der Waals surface area contributed by atoms with Gasteiger partial charge in [-0.3, -0.25) is 49.0 Å². The lowest BCUT2D eigenvalue weighted by Crippen LogP contribution is -2.54. The summed E-state index contributed by atoms with van der Waals surface area (Å²) in [7, 11) is 0. The number of aromatic nitrogens is 3. The predicted octanol–water partition coefficient (Wildman–Crippen LogP) is 6.10. The van der Waals surface area contributed by atoms with E-state index in [2.05, 4.69) is 72.2 Å². The third-order valence-electron chi connectivity index (χ3n) is 14.3. The molecule has 5 aliphatic rings. The third-order valence-corrected chi connectivity index (χ3v) is 14.3. The van der Waals surface area contributed by atoms with Gasteiger partial charge in [-0.05, 0) is 90.9 Å². The number of carbonyl (C=O) groups excluding carboxylic acids is 5. The van der Waals surface area contributed by atoms with Gasteiger partial charge in [0.15, 0.2) is 5.82 Å². The van der Waals surface area contributed by atoms with Crippen molar-refractivity contribution < 1.29 is 24.0 Å². The smallest absolute Gasteiger partial charge is 0.264 e. The Morgan fingerprint density at radius 3 is 2.27 bits per heavy atom. The van der Waals surface area contributed by atoms with Gasteiger partial charge in [-0.25, -0.2) is 9.97 Å². The lowest BCUT2D eigenvalue weighted by Gasteiger charge is -2.43. The Bertz CT molecular complexity index is 3140. The van der Waals surface area contributed by atoms with Crippen molar-refractivity contribution in [3.63, 3.8) is 0 Å². The number of hydrogen-bond acceptors (Lipinski definition) is 11. The molecule has 0 bridgehead atoms. The number of fused-ring (bicyclic) bond motifs is 3. The highest BCUT2D eigenvalue weighted by Gasteiger charge is 2.46. The maximum Gasteiger partial charge on any atom is 0.264 e. The maximum atomic E-state index is 13.7. The van der Waals surface area contributed by atoms with Crippen LogP contribution in [-0.2, 0) is 22.6 Å². The molecule has 1 N–H and O–H groups in total. The fraction of sp³-hybridized carbons (Fsp3) is 0.286. The molecule has 11 rings (SSSR count). The van der Waals surface area contributed by atoms with E-state index < -0.39 is 23.8 Å². The molecule has 5 amide bonds. The molecular formula is C56H51N9O5. The summed E-state index contributed by atoms with van der Waals surface area (Å²) >= 11 is 0. The molecule has 1 atom stereocenters. The summed E-state index contributed by atoms with van der Waals surface area (Å²) in [5.41, 5.74) is 8.81. The van der Waals surface area contributed by atoms with Crippen LogP contribution in [0.2, 0.25) is 0 Å². The van der Waals surface area contributed by atoms with Crippen LogP contribution in [0.15, 0.2) is 109 Å². The van der Waals surface area contributed by atoms with Crippen molar-refractivity contribution in [3.8, 4) is 23.2 Å². The van der Waals surface area contributed by atoms with E-state index in [4.69, 9.17) is 4.98 Å². The zero-order chi connectivity index (χ0) is 47.7. The van der Waals surface area contributed by atoms with Crippen molar-refractivity contribution in [3.05, 3.63) is 154 Å². The molecule has 3 fully saturated rings. The van der Waals surface area contributed by atoms with E-state index in [1.54, 1.807) is 18.3 Å². The van der Waals surface area contributed by atoms with E-state index in [0.29, 0.717) is 54.6 Å². The minimum absolute atomic E-state index is 0.0145. The van der Waals surface area contributed by atoms with E-state index >= 15 is 0 Å². The second-order valence-electron chi connectivity index (χ2n) is 18.6. The number of piperazine rings is 1. The minimum Gasteiger partial charge on any atom is -0.371 e. The van der Waals surface area contributed by atoms with Crippen LogP contribution < -0.4 is 10.2 Å². The molecule has 0 aliphatic carbocycles. The molecule has 3 saturated heterocycles. The molecule has 6 aromatic rings. The van der Waals surface area contributed by atoms with Crippen LogP contribution in [0.3, 0.4) is 0 Å². The van der Waals surface area contributed by atoms with Crippen LogP contribution in [0.4, 0.5) is 5.69 Å². The van der Waals surface area contributed by atoms with E-state index in [1.807, 2.05) is 77.8 Å². The molecule has 4 aromatic carbocycles. The Kier molecular flexibility index (Phi) is 12.3. The van der Waals surface area contributed by atoms with Crippen LogP contribution >= 0.6 is 0 Å². The standard InChI is InChI=1S/C56H51N9O5/c66-50-21-20-49(53(67)60-50)65-55(69)45-7-3-9-48(51(45)56(65)70)63-27-23-44(24-28-63)62-31-29-61(30-32-62)25-4-5-37-10-12-38(13-11-37)14-15-39-16-18-40(19-17-39)54(68)64-26-22-42-34-58-52(59-47(42)36-64)43-33-41-6-1-2-8-46(41)57-35-43/h1-3,6-19,33-35,44,49H,20-32,36H2,(H,60,66,67)/b15-14+. The molecule has 0 spiro atoms. The number of pyridine rings is 1. The first kappa shape index (κ1) is 44.6. The van der Waals surface area contributed by atoms with Crippen LogP contribution in [0, 0.1) is 11.8 Å². The molecule has 5 aliphatic heterocycles. The zero-order valence-electron chi connectivity index (χ0n) is 38.7. The van der Waals surface area contributed by atoms with E-state index in [0.717, 1.165) is 107 Å². The van der Waals surface area contributed by atoms with Gasteiger partial charge in [0.2, 0.25) is 11.8 Å². The molecule has 14 heteroatoms. The lowest BCUT2D eigenvalue weighted by molar-refractivity contribution is -0.136. The SMILES string of the molecule is O=C1CCC(N2C(=O)c3cccc(N4CCC(N5CCN(CC#Cc6ccc(/C=C/c7ccc(C(=O)N8CCc9cnc(-c%10cnc%11ccccc%11c%10)nc9C8)cc7)cc6)CC5)CC4)c3C2=O)C(=O)N1. The lowest BCUT2D eigenvalue weighted by atomic mass is 9.99. The zero-order valence-corrected chi connectivity index (χ0v) is 38.7. The third kappa shape index (κ3) is 9.09. The largest absolute Gasteiger partial charge is 0.371 e. The van der Waals surface area contributed by atoms with Gasteiger partial charge in [-0.15, -0.1) is 0 Å². The molecule has 0 saturated carbocycles. The van der Waals surface area contributed by atoms with Gasteiger partial charge in [0, 0.05) is 92.7 Å². The molecular weight excluding hydrogens is 879 g/mol. The normalized spacial score (nSPS) is 19.0. The molecule has 0 radical (unpaired) electrons. The molecule has 1 unspecified atom stereocenters. The number of amides is 5. The molecule has 7 heterocycles. The van der Waals surface area contributed by atoms with Gasteiger partial charge in [0.05, 0.1) is 41.1 Å². The monoisotopic (exact) mass is 929 g/mol. The van der Waals surface area contributed by atoms with Gasteiger partial charge in [-0.2, -0.15) is 0 Å². The van der Waals surface area contributed by atoms with Gasteiger partial charge in [-0.1, -0.05) is 72.5 Å². The van der Waals surface area contributed by atoms with Gasteiger partial charge < -0.3 is 9.80 Å². The molecule has 14 nitrogen and oxygen atoms in total. The number of anilines is 1. The number of nitrogens with zero attached hydrogens (tertiary/aromatic N) is 8. The average Bonchev–Trinajstić information content (AvgIpc) is 3.66. The number of piperidine rings is 2. The van der Waals surface area contributed by atoms with E-state index in [9.17, 15) is 24.0 Å². The van der Waals surface area contributed by atoms with Crippen molar-refractivity contribution in [1.29, 1.82) is 0 Å². The summed E-state index contributed by atoms with van der Waals surface area (Å²) in [6, 6.07) is 30.8. The second kappa shape index (κ2) is 19.3. The first-order chi connectivity index (χ1) is 34.2. The number of rotatable bonds is 8. The predicted molar refractivity (Wildman–Crippen MR) is 266 cm³/mol. The summed E-state index contributed by atoms with van der Waals surface area (Å²) in [5, 5.41) is 3.30. The van der Waals surface area contributed by atoms with Crippen molar-refractivity contribution in [2.24, 2.45) is 0 Å². The number of benzene rings is 4. The van der Waals surface area contributed by atoms with Crippen LogP contribution in [0.5, 0.6) is 0 Å². The highest BCUT2D eigenvalue weighted by molar-refractivity contribution is 6.25. The van der Waals surface area contributed by atoms with Crippen LogP contribution in [0.1, 0.15) is 84.7 Å². The molecule has 70 heavy (non-hydrogen) atoms. The number of nitrogens with one attached hydrogen (secondary N) is 1. The number of carbonyl (C=O) groups is 5. The molecule has 2 aromatic heterocycles. The molecule has 350 valence electrons. The quantitative estimate of drug-likeness (QED) is 0.107. The van der Waals surface area contributed by atoms with Gasteiger partial charge in [0.25, 0.3) is 17.7 Å². The van der Waals surface area contributed by atoms with E-state index in [1.165, 1.54) is 0 Å². The second-order valence-corrected chi connectivity index (χ2v) is 18.6. The number of para-hydroxylation sites is 1. The first-order valence-corrected chi connectivity index (χ1v) is 24.1. The fourth-order valence-corrected chi connectivity index (χ4v) is 10.4. The van der Waals surface area contributed by atoms with Crippen molar-refractivity contribution in [1.82, 2.24) is 39.9 Å².